The molecular formula is C45H82NO9P. The summed E-state index contributed by atoms with van der Waals surface area (Å²) in [4.78, 5) is 33.5. The summed E-state index contributed by atoms with van der Waals surface area (Å²) in [7, 11) is -4.62. The molecule has 0 saturated heterocycles. The van der Waals surface area contributed by atoms with Gasteiger partial charge in [-0.15, -0.1) is 0 Å². The van der Waals surface area contributed by atoms with E-state index in [-0.39, 0.29) is 13.0 Å². The maximum absolute atomic E-state index is 12.6. The second-order valence-corrected chi connectivity index (χ2v) is 16.2. The molecular weight excluding hydrogens is 729 g/mol. The minimum Gasteiger partial charge on any atom is -0.480 e. The molecule has 0 aromatic rings. The van der Waals surface area contributed by atoms with Gasteiger partial charge in [0.25, 0.3) is 0 Å². The van der Waals surface area contributed by atoms with Crippen molar-refractivity contribution in [2.75, 3.05) is 26.4 Å². The Morgan fingerprint density at radius 3 is 1.57 bits per heavy atom. The first-order valence-corrected chi connectivity index (χ1v) is 23.7. The normalized spacial score (nSPS) is 14.4. The van der Waals surface area contributed by atoms with Gasteiger partial charge in [0.1, 0.15) is 12.1 Å². The highest BCUT2D eigenvalue weighted by molar-refractivity contribution is 7.47. The topological polar surface area (TPSA) is 155 Å². The number of hydrogen-bond donors (Lipinski definition) is 3. The molecule has 0 aliphatic heterocycles. The number of allylic oxidation sites excluding steroid dienone is 8. The van der Waals surface area contributed by atoms with Gasteiger partial charge in [0, 0.05) is 13.0 Å². The van der Waals surface area contributed by atoms with E-state index in [9.17, 15) is 19.0 Å². The smallest absolute Gasteiger partial charge is 0.472 e. The second kappa shape index (κ2) is 41.1. The Kier molecular flexibility index (Phi) is 39.6. The van der Waals surface area contributed by atoms with Crippen LogP contribution in [0.1, 0.15) is 187 Å². The average Bonchev–Trinajstić information content (AvgIpc) is 3.18. The van der Waals surface area contributed by atoms with Crippen LogP contribution in [0.15, 0.2) is 48.6 Å². The third-order valence-electron chi connectivity index (χ3n) is 9.34. The molecule has 0 rings (SSSR count). The Bertz CT molecular complexity index is 1080. The van der Waals surface area contributed by atoms with E-state index in [0.717, 1.165) is 77.0 Å². The van der Waals surface area contributed by atoms with Crippen LogP contribution in [0, 0.1) is 0 Å². The Balaban J connectivity index is 4.25. The van der Waals surface area contributed by atoms with E-state index in [1.54, 1.807) is 0 Å². The van der Waals surface area contributed by atoms with Gasteiger partial charge in [0.2, 0.25) is 0 Å². The van der Waals surface area contributed by atoms with Crippen LogP contribution in [0.25, 0.3) is 0 Å². The summed E-state index contributed by atoms with van der Waals surface area (Å²) in [5, 5.41) is 8.90. The Labute approximate surface area is 341 Å². The number of hydrogen-bond acceptors (Lipinski definition) is 8. The van der Waals surface area contributed by atoms with Crippen molar-refractivity contribution >= 4 is 19.8 Å². The van der Waals surface area contributed by atoms with Crippen molar-refractivity contribution in [3.63, 3.8) is 0 Å². The van der Waals surface area contributed by atoms with Gasteiger partial charge in [-0.3, -0.25) is 18.6 Å². The SMILES string of the molecule is CC/C=C\C/C=C\C/C=C\CCCCCCCCCCOCC(COP(=O)(O)OCC(N)C(=O)O)OC(=O)CCCCCCC/C=C\CCCCCCCCC. The molecule has 11 heteroatoms. The molecule has 0 radical (unpaired) electrons. The summed E-state index contributed by atoms with van der Waals surface area (Å²) >= 11 is 0. The van der Waals surface area contributed by atoms with E-state index >= 15 is 0 Å². The van der Waals surface area contributed by atoms with Gasteiger partial charge in [0.15, 0.2) is 0 Å². The number of carboxylic acids is 1. The number of ether oxygens (including phenoxy) is 2. The van der Waals surface area contributed by atoms with Crippen molar-refractivity contribution in [1.29, 1.82) is 0 Å². The number of unbranched alkanes of at least 4 members (excludes halogenated alkanes) is 20. The molecule has 0 aromatic heterocycles. The number of aliphatic carboxylic acids is 1. The van der Waals surface area contributed by atoms with Crippen LogP contribution in [0.4, 0.5) is 0 Å². The molecule has 326 valence electrons. The predicted octanol–water partition coefficient (Wildman–Crippen LogP) is 12.3. The zero-order valence-corrected chi connectivity index (χ0v) is 36.4. The molecule has 3 atom stereocenters. The molecule has 0 aromatic carbocycles. The van der Waals surface area contributed by atoms with Crippen molar-refractivity contribution in [2.45, 2.75) is 199 Å². The van der Waals surface area contributed by atoms with Crippen LogP contribution in [0.5, 0.6) is 0 Å². The third kappa shape index (κ3) is 40.1. The molecule has 0 heterocycles. The highest BCUT2D eigenvalue weighted by Gasteiger charge is 2.27. The van der Waals surface area contributed by atoms with Gasteiger partial charge < -0.3 is 25.2 Å². The largest absolute Gasteiger partial charge is 0.480 e. The summed E-state index contributed by atoms with van der Waals surface area (Å²) in [5.41, 5.74) is 5.36. The van der Waals surface area contributed by atoms with E-state index in [0.29, 0.717) is 13.0 Å². The number of esters is 1. The molecule has 0 saturated carbocycles. The summed E-state index contributed by atoms with van der Waals surface area (Å²) in [6.45, 7) is 3.74. The monoisotopic (exact) mass is 812 g/mol. The van der Waals surface area contributed by atoms with Gasteiger partial charge in [-0.1, -0.05) is 159 Å². The zero-order valence-electron chi connectivity index (χ0n) is 35.5. The van der Waals surface area contributed by atoms with Crippen LogP contribution >= 0.6 is 7.82 Å². The predicted molar refractivity (Wildman–Crippen MR) is 231 cm³/mol. The summed E-state index contributed by atoms with van der Waals surface area (Å²) < 4.78 is 33.4. The third-order valence-corrected chi connectivity index (χ3v) is 10.3. The zero-order chi connectivity index (χ0) is 41.2. The van der Waals surface area contributed by atoms with Crippen LogP contribution < -0.4 is 5.73 Å². The molecule has 0 fully saturated rings. The Hall–Kier alpha value is -2.07. The van der Waals surface area contributed by atoms with Gasteiger partial charge in [-0.05, 0) is 70.6 Å². The fourth-order valence-corrected chi connectivity index (χ4v) is 6.68. The number of carboxylic acid groups (broad SMARTS) is 1. The molecule has 0 bridgehead atoms. The number of rotatable bonds is 42. The number of nitrogens with two attached hydrogens (primary N) is 1. The number of carbonyl (C=O) groups is 2. The van der Waals surface area contributed by atoms with Crippen molar-refractivity contribution < 1.29 is 42.7 Å². The molecule has 3 unspecified atom stereocenters. The van der Waals surface area contributed by atoms with Gasteiger partial charge in [-0.25, -0.2) is 4.57 Å². The van der Waals surface area contributed by atoms with Crippen molar-refractivity contribution in [2.24, 2.45) is 5.73 Å². The standard InChI is InChI=1S/C45H82NO9P/c1-3-5-7-9-11-13-15-17-19-21-22-24-26-28-30-32-34-36-38-52-39-42(40-53-56(50,51)54-41-43(46)45(48)49)55-44(47)37-35-33-31-29-27-25-23-20-18-16-14-12-10-8-6-4-2/h5,7,11,13,17,19-20,23,42-43H,3-4,6,8-10,12,14-16,18,21-22,24-41,46H2,1-2H3,(H,48,49)(H,50,51)/b7-5-,13-11-,19-17-,23-20-. The van der Waals surface area contributed by atoms with E-state index in [4.69, 9.17) is 29.4 Å². The minimum atomic E-state index is -4.62. The lowest BCUT2D eigenvalue weighted by molar-refractivity contribution is -0.154. The average molecular weight is 812 g/mol. The van der Waals surface area contributed by atoms with Crippen LogP contribution in [0.3, 0.4) is 0 Å². The molecule has 0 spiro atoms. The first-order chi connectivity index (χ1) is 27.2. The number of carbonyl (C=O) groups excluding carboxylic acids is 1. The fourth-order valence-electron chi connectivity index (χ4n) is 5.91. The lowest BCUT2D eigenvalue weighted by atomic mass is 10.1. The fraction of sp³-hybridized carbons (Fsp3) is 0.778. The highest BCUT2D eigenvalue weighted by atomic mass is 31.2. The molecule has 0 amide bonds. The van der Waals surface area contributed by atoms with E-state index in [1.165, 1.54) is 83.5 Å². The maximum Gasteiger partial charge on any atom is 0.472 e. The quantitative estimate of drug-likeness (QED) is 0.0235. The van der Waals surface area contributed by atoms with E-state index < -0.39 is 45.1 Å². The maximum atomic E-state index is 12.6. The van der Waals surface area contributed by atoms with Gasteiger partial charge >= 0.3 is 19.8 Å². The van der Waals surface area contributed by atoms with E-state index in [2.05, 4.69) is 62.5 Å². The first-order valence-electron chi connectivity index (χ1n) is 22.2. The lowest BCUT2D eigenvalue weighted by Crippen LogP contribution is -2.34. The first kappa shape index (κ1) is 53.9. The second-order valence-electron chi connectivity index (χ2n) is 14.8. The molecule has 0 aliphatic rings. The Morgan fingerprint density at radius 1 is 0.589 bits per heavy atom. The lowest BCUT2D eigenvalue weighted by Gasteiger charge is -2.20. The molecule has 4 N–H and O–H groups in total. The highest BCUT2D eigenvalue weighted by Crippen LogP contribution is 2.43. The van der Waals surface area contributed by atoms with Crippen LogP contribution in [-0.2, 0) is 32.7 Å². The van der Waals surface area contributed by atoms with Gasteiger partial charge in [-0.2, -0.15) is 0 Å². The minimum absolute atomic E-state index is 0.00783. The van der Waals surface area contributed by atoms with Crippen LogP contribution in [0.2, 0.25) is 0 Å². The van der Waals surface area contributed by atoms with Gasteiger partial charge in [0.05, 0.1) is 19.8 Å². The number of phosphoric acid groups is 1. The number of phosphoric ester groups is 1. The van der Waals surface area contributed by atoms with Crippen molar-refractivity contribution in [3.05, 3.63) is 48.6 Å². The molecule has 0 aliphatic carbocycles. The van der Waals surface area contributed by atoms with Crippen molar-refractivity contribution in [3.8, 4) is 0 Å². The summed E-state index contributed by atoms with van der Waals surface area (Å²) in [6.07, 6.45) is 47.3. The van der Waals surface area contributed by atoms with Crippen molar-refractivity contribution in [1.82, 2.24) is 0 Å². The molecule has 56 heavy (non-hydrogen) atoms. The Morgan fingerprint density at radius 2 is 1.04 bits per heavy atom. The van der Waals surface area contributed by atoms with E-state index in [1.807, 2.05) is 0 Å². The molecule has 10 nitrogen and oxygen atoms in total. The summed E-state index contributed by atoms with van der Waals surface area (Å²) in [5.74, 6) is -1.79. The summed E-state index contributed by atoms with van der Waals surface area (Å²) in [6, 6.07) is -1.48. The van der Waals surface area contributed by atoms with Crippen LogP contribution in [-0.4, -0.2) is 60.5 Å².